The zero-order chi connectivity index (χ0) is 21.2. The monoisotopic (exact) mass is 396 g/mol. The van der Waals surface area contributed by atoms with E-state index < -0.39 is 35.5 Å². The van der Waals surface area contributed by atoms with E-state index in [1.54, 1.807) is 39.8 Å². The molecule has 1 amide bonds. The summed E-state index contributed by atoms with van der Waals surface area (Å²) in [6.45, 7) is 6.53. The third kappa shape index (κ3) is 4.98. The number of rotatable bonds is 4. The summed E-state index contributed by atoms with van der Waals surface area (Å²) < 4.78 is 5.41. The molecule has 1 aliphatic rings. The van der Waals surface area contributed by atoms with E-state index in [9.17, 15) is 19.8 Å². The summed E-state index contributed by atoms with van der Waals surface area (Å²) in [4.78, 5) is 39.1. The van der Waals surface area contributed by atoms with Crippen molar-refractivity contribution < 1.29 is 19.7 Å². The maximum atomic E-state index is 12.8. The molecule has 0 saturated carbocycles. The standard InChI is InChI=1S/C17H28N6O5/c1-9(24)12(25)10-7-18-13-11(23(10)16(27)28-17(2,3)4)14(26)21-15(20-13)19-8-22(5)6/h8-10,12,24-25H,7H2,1-6H3,(H2,18,20,21,26)/t9-,10+,12-/m0/s1. The average Bonchev–Trinajstić information content (AvgIpc) is 2.56. The van der Waals surface area contributed by atoms with Crippen LogP contribution in [0.25, 0.3) is 0 Å². The molecule has 4 N–H and O–H groups in total. The molecule has 2 rings (SSSR count). The van der Waals surface area contributed by atoms with Crippen LogP contribution in [0.4, 0.5) is 22.2 Å². The quantitative estimate of drug-likeness (QED) is 0.419. The molecule has 1 aromatic rings. The van der Waals surface area contributed by atoms with E-state index in [-0.39, 0.29) is 24.0 Å². The number of nitrogens with zero attached hydrogens (tertiary/aromatic N) is 4. The lowest BCUT2D eigenvalue weighted by Gasteiger charge is -2.39. The van der Waals surface area contributed by atoms with Gasteiger partial charge in [-0.15, -0.1) is 0 Å². The Labute approximate surface area is 163 Å². The van der Waals surface area contributed by atoms with Gasteiger partial charge in [-0.25, -0.2) is 9.79 Å². The van der Waals surface area contributed by atoms with E-state index in [4.69, 9.17) is 4.74 Å². The molecule has 3 atom stereocenters. The van der Waals surface area contributed by atoms with Crippen molar-refractivity contribution in [2.45, 2.75) is 51.5 Å². The highest BCUT2D eigenvalue weighted by Gasteiger charge is 2.41. The van der Waals surface area contributed by atoms with Gasteiger partial charge < -0.3 is 25.2 Å². The Morgan fingerprint density at radius 2 is 2.07 bits per heavy atom. The molecule has 0 unspecified atom stereocenters. The van der Waals surface area contributed by atoms with Crippen LogP contribution >= 0.6 is 0 Å². The van der Waals surface area contributed by atoms with Crippen LogP contribution in [0.3, 0.4) is 0 Å². The molecule has 0 fully saturated rings. The normalized spacial score (nSPS) is 19.0. The summed E-state index contributed by atoms with van der Waals surface area (Å²) in [7, 11) is 3.54. The smallest absolute Gasteiger partial charge is 0.415 e. The fraction of sp³-hybridized carbons (Fsp3) is 0.647. The van der Waals surface area contributed by atoms with Crippen LogP contribution in [0.1, 0.15) is 27.7 Å². The molecule has 2 heterocycles. The van der Waals surface area contributed by atoms with E-state index in [0.29, 0.717) is 0 Å². The number of H-pyrrole nitrogens is 1. The maximum Gasteiger partial charge on any atom is 0.415 e. The minimum absolute atomic E-state index is 0.0589. The summed E-state index contributed by atoms with van der Waals surface area (Å²) in [5, 5.41) is 23.1. The number of aliphatic hydroxyl groups excluding tert-OH is 2. The van der Waals surface area contributed by atoms with E-state index in [2.05, 4.69) is 20.3 Å². The average molecular weight is 396 g/mol. The summed E-state index contributed by atoms with van der Waals surface area (Å²) >= 11 is 0. The molecular formula is C17H28N6O5. The van der Waals surface area contributed by atoms with Crippen molar-refractivity contribution >= 4 is 29.9 Å². The molecule has 1 aromatic heterocycles. The molecule has 156 valence electrons. The summed E-state index contributed by atoms with van der Waals surface area (Å²) in [5.41, 5.74) is -1.55. The van der Waals surface area contributed by atoms with Crippen LogP contribution in [0.2, 0.25) is 0 Å². The van der Waals surface area contributed by atoms with Gasteiger partial charge in [0, 0.05) is 20.6 Å². The molecule has 1 aliphatic heterocycles. The minimum atomic E-state index is -1.31. The molecule has 0 spiro atoms. The first kappa shape index (κ1) is 21.6. The molecule has 0 aliphatic carbocycles. The zero-order valence-corrected chi connectivity index (χ0v) is 16.9. The molecule has 0 radical (unpaired) electrons. The highest BCUT2D eigenvalue weighted by molar-refractivity contribution is 5.93. The number of carbonyl (C=O) groups excluding carboxylic acids is 1. The molecule has 11 nitrogen and oxygen atoms in total. The first-order valence-electron chi connectivity index (χ1n) is 8.88. The second-order valence-electron chi connectivity index (χ2n) is 7.82. The second kappa shape index (κ2) is 8.15. The molecule has 0 bridgehead atoms. The van der Waals surface area contributed by atoms with Crippen LogP contribution in [0.5, 0.6) is 0 Å². The number of ether oxygens (including phenoxy) is 1. The van der Waals surface area contributed by atoms with Gasteiger partial charge in [0.1, 0.15) is 11.7 Å². The lowest BCUT2D eigenvalue weighted by molar-refractivity contribution is 0.00978. The van der Waals surface area contributed by atoms with Crippen molar-refractivity contribution in [2.75, 3.05) is 30.9 Å². The Bertz CT molecular complexity index is 798. The van der Waals surface area contributed by atoms with Crippen molar-refractivity contribution in [1.82, 2.24) is 14.9 Å². The van der Waals surface area contributed by atoms with E-state index in [1.807, 2.05) is 0 Å². The van der Waals surface area contributed by atoms with Gasteiger partial charge in [-0.05, 0) is 27.7 Å². The van der Waals surface area contributed by atoms with Gasteiger partial charge in [-0.2, -0.15) is 4.98 Å². The van der Waals surface area contributed by atoms with Crippen LogP contribution < -0.4 is 15.8 Å². The number of carbonyl (C=O) groups is 1. The molecule has 0 saturated heterocycles. The number of aromatic nitrogens is 2. The predicted molar refractivity (Wildman–Crippen MR) is 105 cm³/mol. The predicted octanol–water partition coefficient (Wildman–Crippen LogP) is 0.269. The van der Waals surface area contributed by atoms with E-state index in [0.717, 1.165) is 4.90 Å². The molecule has 0 aromatic carbocycles. The second-order valence-corrected chi connectivity index (χ2v) is 7.82. The van der Waals surface area contributed by atoms with E-state index in [1.165, 1.54) is 13.3 Å². The number of aliphatic imine (C=N–C) groups is 1. The molecular weight excluding hydrogens is 368 g/mol. The summed E-state index contributed by atoms with van der Waals surface area (Å²) in [6.07, 6.45) is -1.79. The van der Waals surface area contributed by atoms with Gasteiger partial charge in [0.05, 0.1) is 18.5 Å². The SMILES string of the molecule is C[C@H](O)[C@H](O)[C@H]1CNc2nc(N=CN(C)C)[nH]c(=O)c2N1C(=O)OC(C)(C)C. The van der Waals surface area contributed by atoms with Crippen molar-refractivity contribution in [3.63, 3.8) is 0 Å². The molecule has 11 heteroatoms. The number of hydrogen-bond acceptors (Lipinski definition) is 8. The van der Waals surface area contributed by atoms with Gasteiger partial charge in [-0.3, -0.25) is 14.7 Å². The first-order valence-corrected chi connectivity index (χ1v) is 8.88. The topological polar surface area (TPSA) is 143 Å². The number of aromatic amines is 1. The van der Waals surface area contributed by atoms with Gasteiger partial charge in [-0.1, -0.05) is 0 Å². The third-order valence-corrected chi connectivity index (χ3v) is 3.82. The Morgan fingerprint density at radius 1 is 1.43 bits per heavy atom. The number of amides is 1. The maximum absolute atomic E-state index is 12.8. The van der Waals surface area contributed by atoms with Crippen molar-refractivity contribution in [3.05, 3.63) is 10.4 Å². The third-order valence-electron chi connectivity index (χ3n) is 3.82. The number of fused-ring (bicyclic) bond motifs is 1. The minimum Gasteiger partial charge on any atom is -0.443 e. The van der Waals surface area contributed by atoms with Crippen LogP contribution in [0.15, 0.2) is 9.79 Å². The number of aliphatic hydroxyl groups is 2. The fourth-order valence-electron chi connectivity index (χ4n) is 2.62. The first-order chi connectivity index (χ1) is 12.9. The number of nitrogens with one attached hydrogen (secondary N) is 2. The summed E-state index contributed by atoms with van der Waals surface area (Å²) in [6, 6.07) is -0.929. The van der Waals surface area contributed by atoms with E-state index >= 15 is 0 Å². The zero-order valence-electron chi connectivity index (χ0n) is 16.9. The highest BCUT2D eigenvalue weighted by Crippen LogP contribution is 2.30. The lowest BCUT2D eigenvalue weighted by Crippen LogP contribution is -2.58. The number of anilines is 2. The Balaban J connectivity index is 2.53. The Kier molecular flexibility index (Phi) is 6.30. The lowest BCUT2D eigenvalue weighted by atomic mass is 10.0. The van der Waals surface area contributed by atoms with Crippen molar-refractivity contribution in [3.8, 4) is 0 Å². The van der Waals surface area contributed by atoms with Crippen molar-refractivity contribution in [2.24, 2.45) is 4.99 Å². The summed E-state index contributed by atoms with van der Waals surface area (Å²) in [5.74, 6) is 0.193. The van der Waals surface area contributed by atoms with Crippen LogP contribution in [0, 0.1) is 0 Å². The van der Waals surface area contributed by atoms with Crippen LogP contribution in [-0.2, 0) is 4.74 Å². The highest BCUT2D eigenvalue weighted by atomic mass is 16.6. The Morgan fingerprint density at radius 3 is 2.61 bits per heavy atom. The van der Waals surface area contributed by atoms with Gasteiger partial charge in [0.25, 0.3) is 5.56 Å². The van der Waals surface area contributed by atoms with Gasteiger partial charge >= 0.3 is 6.09 Å². The van der Waals surface area contributed by atoms with Crippen LogP contribution in [-0.4, -0.2) is 82.0 Å². The fourth-order valence-corrected chi connectivity index (χ4v) is 2.62. The van der Waals surface area contributed by atoms with Gasteiger partial charge in [0.15, 0.2) is 11.5 Å². The van der Waals surface area contributed by atoms with Crippen molar-refractivity contribution in [1.29, 1.82) is 0 Å². The van der Waals surface area contributed by atoms with Gasteiger partial charge in [0.2, 0.25) is 5.95 Å². The largest absolute Gasteiger partial charge is 0.443 e. The molecule has 28 heavy (non-hydrogen) atoms. The Hall–Kier alpha value is -2.66. The number of hydrogen-bond donors (Lipinski definition) is 4.